The Morgan fingerprint density at radius 3 is 2.42 bits per heavy atom. The van der Waals surface area contributed by atoms with Crippen LogP contribution >= 0.6 is 11.8 Å². The van der Waals surface area contributed by atoms with Crippen LogP contribution in [0.15, 0.2) is 46.6 Å². The number of carbonyl (C=O) groups excluding carboxylic acids is 2. The van der Waals surface area contributed by atoms with E-state index in [4.69, 9.17) is 5.73 Å². The summed E-state index contributed by atoms with van der Waals surface area (Å²) in [7, 11) is 0. The van der Waals surface area contributed by atoms with Crippen molar-refractivity contribution < 1.29 is 9.59 Å². The number of allylic oxidation sites excluding steroid dienone is 1. The summed E-state index contributed by atoms with van der Waals surface area (Å²) in [6.07, 6.45) is 6.57. The molecule has 2 aliphatic rings. The molecule has 0 saturated heterocycles. The smallest absolute Gasteiger partial charge is 0.254 e. The van der Waals surface area contributed by atoms with E-state index < -0.39 is 17.2 Å². The highest BCUT2D eigenvalue weighted by molar-refractivity contribution is 8.13. The number of nitrogens with zero attached hydrogens (tertiary/aromatic N) is 1. The highest BCUT2D eigenvalue weighted by Gasteiger charge is 2.52. The lowest BCUT2D eigenvalue weighted by Gasteiger charge is -2.46. The van der Waals surface area contributed by atoms with E-state index in [1.165, 1.54) is 11.8 Å². The summed E-state index contributed by atoms with van der Waals surface area (Å²) in [5, 5.41) is 3.71. The molecule has 3 rings (SSSR count). The molecule has 1 unspecified atom stereocenters. The number of nitrogens with two attached hydrogens (primary N) is 1. The molecule has 1 fully saturated rings. The fourth-order valence-corrected chi connectivity index (χ4v) is 5.22. The number of thioether (sulfide) groups is 1. The molecule has 1 heterocycles. The summed E-state index contributed by atoms with van der Waals surface area (Å²) in [6.45, 7) is 1.86. The third kappa shape index (κ3) is 3.30. The van der Waals surface area contributed by atoms with Gasteiger partial charge in [0.2, 0.25) is 5.91 Å². The lowest BCUT2D eigenvalue weighted by atomic mass is 9.60. The second-order valence-corrected chi connectivity index (χ2v) is 7.81. The molecule has 1 aliphatic heterocycles. The van der Waals surface area contributed by atoms with Crippen LogP contribution in [0.4, 0.5) is 5.69 Å². The van der Waals surface area contributed by atoms with Crippen LogP contribution in [0.2, 0.25) is 0 Å². The van der Waals surface area contributed by atoms with Gasteiger partial charge in [0, 0.05) is 22.4 Å². The number of nitrogens with one attached hydrogen (secondary N) is 1. The number of aliphatic imine (C=N–C) groups is 1. The van der Waals surface area contributed by atoms with E-state index in [9.17, 15) is 9.59 Å². The van der Waals surface area contributed by atoms with Crippen LogP contribution in [0.25, 0.3) is 0 Å². The van der Waals surface area contributed by atoms with E-state index >= 15 is 0 Å². The molecule has 1 saturated carbocycles. The van der Waals surface area contributed by atoms with Crippen molar-refractivity contribution in [1.29, 1.82) is 0 Å². The minimum Gasteiger partial charge on any atom is -0.369 e. The van der Waals surface area contributed by atoms with Gasteiger partial charge in [0.1, 0.15) is 0 Å². The number of benzene rings is 1. The normalized spacial score (nSPS) is 22.1. The van der Waals surface area contributed by atoms with Gasteiger partial charge in [-0.3, -0.25) is 9.59 Å². The molecule has 26 heavy (non-hydrogen) atoms. The van der Waals surface area contributed by atoms with Crippen molar-refractivity contribution in [2.75, 3.05) is 11.6 Å². The molecule has 0 aromatic heterocycles. The molecule has 0 bridgehead atoms. The van der Waals surface area contributed by atoms with Gasteiger partial charge < -0.3 is 11.1 Å². The van der Waals surface area contributed by atoms with E-state index in [1.54, 1.807) is 0 Å². The van der Waals surface area contributed by atoms with E-state index in [1.807, 2.05) is 43.5 Å². The molecular weight excluding hydrogens is 346 g/mol. The molecule has 138 valence electrons. The van der Waals surface area contributed by atoms with Crippen molar-refractivity contribution >= 4 is 34.3 Å². The highest BCUT2D eigenvalue weighted by Crippen LogP contribution is 2.53. The third-order valence-electron chi connectivity index (χ3n) is 5.44. The Morgan fingerprint density at radius 2 is 1.85 bits per heavy atom. The quantitative estimate of drug-likeness (QED) is 0.849. The Bertz CT molecular complexity index is 765. The summed E-state index contributed by atoms with van der Waals surface area (Å²) in [4.78, 5) is 30.2. The summed E-state index contributed by atoms with van der Waals surface area (Å²) >= 11 is 1.45. The van der Waals surface area contributed by atoms with E-state index in [-0.39, 0.29) is 5.91 Å². The second-order valence-electron chi connectivity index (χ2n) is 6.99. The van der Waals surface area contributed by atoms with Crippen LogP contribution in [0, 0.1) is 11.3 Å². The highest BCUT2D eigenvalue weighted by atomic mass is 32.2. The lowest BCUT2D eigenvalue weighted by molar-refractivity contribution is -0.123. The van der Waals surface area contributed by atoms with E-state index in [0.29, 0.717) is 11.3 Å². The molecule has 1 aromatic rings. The van der Waals surface area contributed by atoms with Gasteiger partial charge in [-0.2, -0.15) is 0 Å². The zero-order chi connectivity index (χ0) is 18.7. The van der Waals surface area contributed by atoms with E-state index in [2.05, 4.69) is 10.3 Å². The van der Waals surface area contributed by atoms with Crippen molar-refractivity contribution in [1.82, 2.24) is 0 Å². The molecule has 0 radical (unpaired) electrons. The Hall–Kier alpha value is -2.08. The molecule has 2 amide bonds. The number of anilines is 1. The Balaban J connectivity index is 2.07. The maximum absolute atomic E-state index is 13.2. The van der Waals surface area contributed by atoms with Crippen LogP contribution in [0.1, 0.15) is 39.0 Å². The first-order valence-electron chi connectivity index (χ1n) is 8.99. The van der Waals surface area contributed by atoms with Crippen LogP contribution in [-0.2, 0) is 9.59 Å². The van der Waals surface area contributed by atoms with Gasteiger partial charge in [0.05, 0.1) is 11.0 Å². The maximum Gasteiger partial charge on any atom is 0.254 e. The Kier molecular flexibility index (Phi) is 5.51. The summed E-state index contributed by atoms with van der Waals surface area (Å²) in [5.74, 6) is -1.10. The fraction of sp³-hybridized carbons (Fsp3) is 0.450. The van der Waals surface area contributed by atoms with Gasteiger partial charge in [0.25, 0.3) is 5.91 Å². The SMILES string of the molecule is CSC1=NC(C)=C(C(=O)Nc2ccccc2)C2(CCCCC2)C1C(N)=O. The van der Waals surface area contributed by atoms with Crippen LogP contribution < -0.4 is 11.1 Å². The van der Waals surface area contributed by atoms with Crippen molar-refractivity contribution in [2.24, 2.45) is 22.1 Å². The summed E-state index contributed by atoms with van der Waals surface area (Å²) < 4.78 is 0. The number of hydrogen-bond donors (Lipinski definition) is 2. The van der Waals surface area contributed by atoms with Gasteiger partial charge in [-0.05, 0) is 38.2 Å². The number of hydrogen-bond acceptors (Lipinski definition) is 4. The van der Waals surface area contributed by atoms with Crippen molar-refractivity contribution in [3.8, 4) is 0 Å². The average molecular weight is 372 g/mol. The predicted octanol–water partition coefficient (Wildman–Crippen LogP) is 3.73. The summed E-state index contributed by atoms with van der Waals surface area (Å²) in [6, 6.07) is 9.37. The fourth-order valence-electron chi connectivity index (χ4n) is 4.41. The molecule has 1 spiro atoms. The maximum atomic E-state index is 13.2. The first-order valence-corrected chi connectivity index (χ1v) is 10.2. The van der Waals surface area contributed by atoms with Crippen molar-refractivity contribution in [2.45, 2.75) is 39.0 Å². The Morgan fingerprint density at radius 1 is 1.19 bits per heavy atom. The Labute approximate surface area is 158 Å². The molecule has 6 heteroatoms. The minimum atomic E-state index is -0.548. The van der Waals surface area contributed by atoms with Gasteiger partial charge in [0.15, 0.2) is 0 Å². The van der Waals surface area contributed by atoms with Crippen molar-refractivity contribution in [3.05, 3.63) is 41.6 Å². The van der Waals surface area contributed by atoms with Crippen LogP contribution in [0.5, 0.6) is 0 Å². The monoisotopic (exact) mass is 371 g/mol. The van der Waals surface area contributed by atoms with Gasteiger partial charge in [-0.15, -0.1) is 11.8 Å². The average Bonchev–Trinajstić information content (AvgIpc) is 2.62. The van der Waals surface area contributed by atoms with Crippen LogP contribution in [-0.4, -0.2) is 23.1 Å². The largest absolute Gasteiger partial charge is 0.369 e. The van der Waals surface area contributed by atoms with Crippen molar-refractivity contribution in [3.63, 3.8) is 0 Å². The summed E-state index contributed by atoms with van der Waals surface area (Å²) in [5.41, 5.74) is 7.32. The molecular formula is C20H25N3O2S. The second kappa shape index (κ2) is 7.66. The zero-order valence-electron chi connectivity index (χ0n) is 15.2. The number of rotatable bonds is 3. The zero-order valence-corrected chi connectivity index (χ0v) is 16.1. The van der Waals surface area contributed by atoms with Gasteiger partial charge >= 0.3 is 0 Å². The third-order valence-corrected chi connectivity index (χ3v) is 6.18. The molecule has 1 aliphatic carbocycles. The molecule has 1 aromatic carbocycles. The first-order chi connectivity index (χ1) is 12.5. The number of carbonyl (C=O) groups is 2. The standard InChI is InChI=1S/C20H25N3O2S/c1-13-15(18(25)23-14-9-5-3-6-10-14)20(11-7-4-8-12-20)16(17(21)24)19(22-13)26-2/h3,5-6,9-10,16H,4,7-8,11-12H2,1-2H3,(H2,21,24)(H,23,25). The van der Waals surface area contributed by atoms with Crippen LogP contribution in [0.3, 0.4) is 0 Å². The number of amides is 2. The number of primary amides is 1. The molecule has 5 nitrogen and oxygen atoms in total. The first kappa shape index (κ1) is 18.7. The van der Waals surface area contributed by atoms with E-state index in [0.717, 1.165) is 42.8 Å². The molecule has 3 N–H and O–H groups in total. The lowest BCUT2D eigenvalue weighted by Crippen LogP contribution is -2.50. The molecule has 1 atom stereocenters. The topological polar surface area (TPSA) is 84.6 Å². The minimum absolute atomic E-state index is 0.175. The van der Waals surface area contributed by atoms with Gasteiger partial charge in [-0.1, -0.05) is 37.5 Å². The van der Waals surface area contributed by atoms with Gasteiger partial charge in [-0.25, -0.2) is 4.99 Å². The predicted molar refractivity (Wildman–Crippen MR) is 107 cm³/mol. The number of para-hydroxylation sites is 1.